The summed E-state index contributed by atoms with van der Waals surface area (Å²) >= 11 is 0. The lowest BCUT2D eigenvalue weighted by atomic mass is 9.94. The van der Waals surface area contributed by atoms with Crippen molar-refractivity contribution in [3.05, 3.63) is 46.2 Å². The molecule has 0 spiro atoms. The summed E-state index contributed by atoms with van der Waals surface area (Å²) in [4.78, 5) is 0. The van der Waals surface area contributed by atoms with Crippen LogP contribution >= 0.6 is 0 Å². The van der Waals surface area contributed by atoms with Gasteiger partial charge in [-0.2, -0.15) is 0 Å². The Morgan fingerprint density at radius 1 is 1.11 bits per heavy atom. The summed E-state index contributed by atoms with van der Waals surface area (Å²) < 4.78 is 5.59. The number of hydrogen-bond acceptors (Lipinski definition) is 1. The Morgan fingerprint density at radius 2 is 1.89 bits per heavy atom. The molecule has 0 radical (unpaired) electrons. The van der Waals surface area contributed by atoms with Gasteiger partial charge in [0, 0.05) is 0 Å². The van der Waals surface area contributed by atoms with Gasteiger partial charge in [0.1, 0.15) is 0 Å². The highest BCUT2D eigenvalue weighted by molar-refractivity contribution is 5.38. The predicted molar refractivity (Wildman–Crippen MR) is 81.5 cm³/mol. The second-order valence-corrected chi connectivity index (χ2v) is 5.91. The van der Waals surface area contributed by atoms with Gasteiger partial charge in [0.25, 0.3) is 0 Å². The van der Waals surface area contributed by atoms with Crippen LogP contribution in [0.15, 0.2) is 24.0 Å². The number of allylic oxidation sites excluding steroid dienone is 1. The molecule has 1 nitrogen and oxygen atoms in total. The monoisotopic (exact) mass is 258 g/mol. The van der Waals surface area contributed by atoms with Gasteiger partial charge in [-0.15, -0.1) is 0 Å². The average molecular weight is 258 g/mol. The Hall–Kier alpha value is -1.24. The lowest BCUT2D eigenvalue weighted by molar-refractivity contribution is 0.134. The van der Waals surface area contributed by atoms with Gasteiger partial charge >= 0.3 is 0 Å². The van der Waals surface area contributed by atoms with Crippen LogP contribution in [0.3, 0.4) is 0 Å². The van der Waals surface area contributed by atoms with Crippen LogP contribution in [-0.4, -0.2) is 6.10 Å². The van der Waals surface area contributed by atoms with Crippen molar-refractivity contribution >= 4 is 0 Å². The zero-order chi connectivity index (χ0) is 13.8. The van der Waals surface area contributed by atoms with Gasteiger partial charge in [-0.1, -0.05) is 12.1 Å². The highest BCUT2D eigenvalue weighted by atomic mass is 16.5. The van der Waals surface area contributed by atoms with Crippen molar-refractivity contribution in [2.75, 3.05) is 0 Å². The average Bonchev–Trinajstić information content (AvgIpc) is 2.41. The third kappa shape index (κ3) is 3.62. The maximum Gasteiger partial charge on any atom is 0.0953 e. The van der Waals surface area contributed by atoms with Crippen molar-refractivity contribution in [1.82, 2.24) is 0 Å². The molecule has 0 amide bonds. The summed E-state index contributed by atoms with van der Waals surface area (Å²) in [5.74, 6) is 0. The number of rotatable bonds is 4. The summed E-state index contributed by atoms with van der Waals surface area (Å²) in [5.41, 5.74) is 7.32. The highest BCUT2D eigenvalue weighted by Gasteiger charge is 2.11. The maximum atomic E-state index is 5.59. The zero-order valence-electron chi connectivity index (χ0n) is 12.8. The molecule has 0 bridgehead atoms. The first-order valence-electron chi connectivity index (χ1n) is 7.47. The molecular formula is C18H26O. The Morgan fingerprint density at radius 3 is 2.58 bits per heavy atom. The normalized spacial score (nSPS) is 18.9. The van der Waals surface area contributed by atoms with Crippen LogP contribution in [-0.2, 0) is 11.2 Å². The minimum Gasteiger partial charge on any atom is -0.498 e. The molecule has 1 aromatic carbocycles. The van der Waals surface area contributed by atoms with Gasteiger partial charge in [-0.25, -0.2) is 0 Å². The van der Waals surface area contributed by atoms with Gasteiger partial charge in [0.05, 0.1) is 12.4 Å². The van der Waals surface area contributed by atoms with Crippen LogP contribution in [0.2, 0.25) is 0 Å². The third-order valence-corrected chi connectivity index (χ3v) is 4.45. The first kappa shape index (κ1) is 14.2. The van der Waals surface area contributed by atoms with Crippen LogP contribution in [0, 0.1) is 20.8 Å². The van der Waals surface area contributed by atoms with E-state index in [1.807, 2.05) is 6.26 Å². The van der Waals surface area contributed by atoms with Crippen molar-refractivity contribution in [2.24, 2.45) is 0 Å². The predicted octanol–water partition coefficient (Wildman–Crippen LogP) is 5.02. The van der Waals surface area contributed by atoms with E-state index in [2.05, 4.69) is 39.8 Å². The fourth-order valence-corrected chi connectivity index (χ4v) is 2.70. The fraction of sp³-hybridized carbons (Fsp3) is 0.556. The summed E-state index contributed by atoms with van der Waals surface area (Å²) in [6, 6.07) is 4.55. The van der Waals surface area contributed by atoms with Gasteiger partial charge in [0.15, 0.2) is 0 Å². The van der Waals surface area contributed by atoms with E-state index in [9.17, 15) is 0 Å². The van der Waals surface area contributed by atoms with Gasteiger partial charge in [-0.05, 0) is 87.6 Å². The Labute approximate surface area is 117 Å². The summed E-state index contributed by atoms with van der Waals surface area (Å²) in [6.45, 7) is 8.82. The molecule has 0 N–H and O–H groups in total. The van der Waals surface area contributed by atoms with Crippen molar-refractivity contribution in [1.29, 1.82) is 0 Å². The minimum absolute atomic E-state index is 0.408. The highest BCUT2D eigenvalue weighted by Crippen LogP contribution is 2.23. The van der Waals surface area contributed by atoms with Crippen LogP contribution in [0.4, 0.5) is 0 Å². The van der Waals surface area contributed by atoms with Gasteiger partial charge < -0.3 is 4.74 Å². The lowest BCUT2D eigenvalue weighted by Crippen LogP contribution is -2.10. The molecule has 1 aromatic rings. The molecule has 1 aliphatic rings. The summed E-state index contributed by atoms with van der Waals surface area (Å²) in [5, 5.41) is 0. The van der Waals surface area contributed by atoms with Crippen molar-refractivity contribution < 1.29 is 4.74 Å². The number of benzene rings is 1. The van der Waals surface area contributed by atoms with E-state index in [1.165, 1.54) is 59.9 Å². The number of hydrogen-bond donors (Lipinski definition) is 0. The largest absolute Gasteiger partial charge is 0.498 e. The molecule has 1 heterocycles. The first-order valence-corrected chi connectivity index (χ1v) is 7.47. The second-order valence-electron chi connectivity index (χ2n) is 5.91. The maximum absolute atomic E-state index is 5.59. The molecular weight excluding hydrogens is 232 g/mol. The summed E-state index contributed by atoms with van der Waals surface area (Å²) in [6.07, 6.45) is 8.39. The molecule has 1 unspecified atom stereocenters. The molecule has 1 heteroatoms. The van der Waals surface area contributed by atoms with Crippen molar-refractivity contribution in [3.8, 4) is 0 Å². The second kappa shape index (κ2) is 6.27. The molecule has 2 rings (SSSR count). The van der Waals surface area contributed by atoms with Crippen molar-refractivity contribution in [3.63, 3.8) is 0 Å². The molecule has 0 fully saturated rings. The van der Waals surface area contributed by atoms with Crippen LogP contribution in [0.25, 0.3) is 0 Å². The van der Waals surface area contributed by atoms with E-state index < -0.39 is 0 Å². The Balaban J connectivity index is 1.88. The zero-order valence-corrected chi connectivity index (χ0v) is 12.8. The molecule has 0 saturated heterocycles. The lowest BCUT2D eigenvalue weighted by Gasteiger charge is -2.19. The Kier molecular flexibility index (Phi) is 4.68. The first-order chi connectivity index (χ1) is 9.08. The smallest absolute Gasteiger partial charge is 0.0953 e. The minimum atomic E-state index is 0.408. The van der Waals surface area contributed by atoms with Gasteiger partial charge in [-0.3, -0.25) is 0 Å². The Bertz CT molecular complexity index is 471. The molecule has 0 aliphatic carbocycles. The SMILES string of the molecule is Cc1ccc(CCCC2=COC(C)CC2)c(C)c1C. The molecule has 104 valence electrons. The van der Waals surface area contributed by atoms with E-state index in [-0.39, 0.29) is 0 Å². The molecule has 19 heavy (non-hydrogen) atoms. The molecule has 0 saturated carbocycles. The van der Waals surface area contributed by atoms with Gasteiger partial charge in [0.2, 0.25) is 0 Å². The van der Waals surface area contributed by atoms with E-state index >= 15 is 0 Å². The third-order valence-electron chi connectivity index (χ3n) is 4.45. The number of aryl methyl sites for hydroxylation is 2. The fourth-order valence-electron chi connectivity index (χ4n) is 2.70. The molecule has 1 aliphatic heterocycles. The summed E-state index contributed by atoms with van der Waals surface area (Å²) in [7, 11) is 0. The quantitative estimate of drug-likeness (QED) is 0.737. The topological polar surface area (TPSA) is 9.23 Å². The van der Waals surface area contributed by atoms with E-state index in [1.54, 1.807) is 0 Å². The van der Waals surface area contributed by atoms with Crippen LogP contribution in [0.1, 0.15) is 54.9 Å². The van der Waals surface area contributed by atoms with Crippen molar-refractivity contribution in [2.45, 2.75) is 65.9 Å². The standard InChI is InChI=1S/C18H26O/c1-13-8-11-18(16(4)15(13)3)7-5-6-17-10-9-14(2)19-12-17/h8,11-12,14H,5-7,9-10H2,1-4H3. The van der Waals surface area contributed by atoms with E-state index in [0.29, 0.717) is 6.10 Å². The van der Waals surface area contributed by atoms with Crippen LogP contribution in [0.5, 0.6) is 0 Å². The van der Waals surface area contributed by atoms with E-state index in [0.717, 1.165) is 0 Å². The molecule has 0 aromatic heterocycles. The van der Waals surface area contributed by atoms with E-state index in [4.69, 9.17) is 4.74 Å². The number of ether oxygens (including phenoxy) is 1. The molecule has 1 atom stereocenters. The van der Waals surface area contributed by atoms with Crippen LogP contribution < -0.4 is 0 Å².